The highest BCUT2D eigenvalue weighted by molar-refractivity contribution is 5.38. The van der Waals surface area contributed by atoms with Gasteiger partial charge in [-0.2, -0.15) is 5.10 Å². The Morgan fingerprint density at radius 2 is 1.75 bits per heavy atom. The molecular formula is C23H30F3N3O3. The van der Waals surface area contributed by atoms with E-state index in [1.54, 1.807) is 16.8 Å². The summed E-state index contributed by atoms with van der Waals surface area (Å²) in [6.07, 6.45) is -0.307. The predicted molar refractivity (Wildman–Crippen MR) is 113 cm³/mol. The fourth-order valence-corrected chi connectivity index (χ4v) is 4.45. The summed E-state index contributed by atoms with van der Waals surface area (Å²) in [5.74, 6) is 0.139. The van der Waals surface area contributed by atoms with E-state index in [-0.39, 0.29) is 5.75 Å². The van der Waals surface area contributed by atoms with Crippen molar-refractivity contribution in [2.75, 3.05) is 39.5 Å². The van der Waals surface area contributed by atoms with Gasteiger partial charge in [-0.05, 0) is 62.9 Å². The minimum absolute atomic E-state index is 0.238. The van der Waals surface area contributed by atoms with Crippen LogP contribution in [0.3, 0.4) is 0 Å². The SMILES string of the molecule is Cc1cc(C2CCC(OCCN3CCOCC3)CC2)nn1-c1ccc(OC(F)(F)F)cc1. The van der Waals surface area contributed by atoms with Crippen molar-refractivity contribution in [1.29, 1.82) is 0 Å². The molecule has 2 heterocycles. The van der Waals surface area contributed by atoms with Crippen molar-refractivity contribution < 1.29 is 27.4 Å². The summed E-state index contributed by atoms with van der Waals surface area (Å²) < 4.78 is 54.3. The fourth-order valence-electron chi connectivity index (χ4n) is 4.45. The molecular weight excluding hydrogens is 423 g/mol. The normalized spacial score (nSPS) is 22.8. The van der Waals surface area contributed by atoms with Gasteiger partial charge in [0.25, 0.3) is 0 Å². The van der Waals surface area contributed by atoms with E-state index in [0.29, 0.717) is 17.7 Å². The van der Waals surface area contributed by atoms with Crippen LogP contribution in [0.1, 0.15) is 43.0 Å². The first-order chi connectivity index (χ1) is 15.4. The summed E-state index contributed by atoms with van der Waals surface area (Å²) in [6, 6.07) is 7.87. The van der Waals surface area contributed by atoms with Gasteiger partial charge in [0, 0.05) is 31.2 Å². The van der Waals surface area contributed by atoms with Gasteiger partial charge in [-0.1, -0.05) is 0 Å². The van der Waals surface area contributed by atoms with Crippen LogP contribution in [-0.4, -0.2) is 66.6 Å². The van der Waals surface area contributed by atoms with E-state index < -0.39 is 6.36 Å². The summed E-state index contributed by atoms with van der Waals surface area (Å²) in [5.41, 5.74) is 2.70. The van der Waals surface area contributed by atoms with Gasteiger partial charge in [-0.25, -0.2) is 4.68 Å². The van der Waals surface area contributed by atoms with Crippen molar-refractivity contribution in [3.8, 4) is 11.4 Å². The molecule has 2 aromatic rings. The highest BCUT2D eigenvalue weighted by Gasteiger charge is 2.31. The molecule has 1 saturated carbocycles. The van der Waals surface area contributed by atoms with Crippen LogP contribution >= 0.6 is 0 Å². The number of ether oxygens (including phenoxy) is 3. The number of alkyl halides is 3. The molecule has 2 aliphatic rings. The molecule has 4 rings (SSSR count). The van der Waals surface area contributed by atoms with Crippen LogP contribution in [0.4, 0.5) is 13.2 Å². The van der Waals surface area contributed by atoms with Gasteiger partial charge in [0.2, 0.25) is 0 Å². The zero-order chi connectivity index (χ0) is 22.6. The highest BCUT2D eigenvalue weighted by atomic mass is 19.4. The maximum absolute atomic E-state index is 12.4. The first kappa shape index (κ1) is 23.1. The largest absolute Gasteiger partial charge is 0.573 e. The monoisotopic (exact) mass is 453 g/mol. The Labute approximate surface area is 186 Å². The maximum atomic E-state index is 12.4. The van der Waals surface area contributed by atoms with Crippen LogP contribution < -0.4 is 4.74 Å². The Balaban J connectivity index is 1.28. The second-order valence-corrected chi connectivity index (χ2v) is 8.46. The molecule has 176 valence electrons. The Morgan fingerprint density at radius 1 is 1.06 bits per heavy atom. The van der Waals surface area contributed by atoms with E-state index in [0.717, 1.165) is 76.5 Å². The Kier molecular flexibility index (Phi) is 7.37. The average molecular weight is 454 g/mol. The van der Waals surface area contributed by atoms with Crippen LogP contribution in [0.5, 0.6) is 5.75 Å². The molecule has 1 aromatic carbocycles. The second-order valence-electron chi connectivity index (χ2n) is 8.46. The molecule has 0 radical (unpaired) electrons. The average Bonchev–Trinajstić information content (AvgIpc) is 3.16. The Hall–Kier alpha value is -2.10. The number of rotatable bonds is 7. The molecule has 0 unspecified atom stereocenters. The molecule has 1 aliphatic carbocycles. The summed E-state index contributed by atoms with van der Waals surface area (Å²) in [5, 5.41) is 4.75. The van der Waals surface area contributed by atoms with Crippen molar-refractivity contribution in [2.24, 2.45) is 0 Å². The van der Waals surface area contributed by atoms with E-state index in [4.69, 9.17) is 14.6 Å². The summed E-state index contributed by atoms with van der Waals surface area (Å²) >= 11 is 0. The molecule has 2 fully saturated rings. The zero-order valence-electron chi connectivity index (χ0n) is 18.3. The number of morpholine rings is 1. The topological polar surface area (TPSA) is 48.8 Å². The third kappa shape index (κ3) is 6.24. The number of aryl methyl sites for hydroxylation is 1. The lowest BCUT2D eigenvalue weighted by atomic mass is 9.85. The van der Waals surface area contributed by atoms with E-state index >= 15 is 0 Å². The zero-order valence-corrected chi connectivity index (χ0v) is 18.3. The van der Waals surface area contributed by atoms with E-state index in [2.05, 4.69) is 15.7 Å². The lowest BCUT2D eigenvalue weighted by molar-refractivity contribution is -0.274. The lowest BCUT2D eigenvalue weighted by Crippen LogP contribution is -2.39. The van der Waals surface area contributed by atoms with Crippen molar-refractivity contribution in [3.05, 3.63) is 41.7 Å². The van der Waals surface area contributed by atoms with Crippen LogP contribution in [0, 0.1) is 6.92 Å². The van der Waals surface area contributed by atoms with Crippen LogP contribution in [0.25, 0.3) is 5.69 Å². The molecule has 6 nitrogen and oxygen atoms in total. The molecule has 1 saturated heterocycles. The minimum atomic E-state index is -4.69. The van der Waals surface area contributed by atoms with E-state index in [1.165, 1.54) is 12.1 Å². The van der Waals surface area contributed by atoms with Gasteiger partial charge in [-0.3, -0.25) is 4.90 Å². The summed E-state index contributed by atoms with van der Waals surface area (Å²) in [4.78, 5) is 2.38. The van der Waals surface area contributed by atoms with Gasteiger partial charge in [-0.15, -0.1) is 13.2 Å². The third-order valence-electron chi connectivity index (χ3n) is 6.18. The van der Waals surface area contributed by atoms with Crippen LogP contribution in [0.15, 0.2) is 30.3 Å². The van der Waals surface area contributed by atoms with E-state index in [9.17, 15) is 13.2 Å². The predicted octanol–water partition coefficient (Wildman–Crippen LogP) is 4.45. The van der Waals surface area contributed by atoms with Crippen LogP contribution in [-0.2, 0) is 9.47 Å². The van der Waals surface area contributed by atoms with Gasteiger partial charge < -0.3 is 14.2 Å². The number of aromatic nitrogens is 2. The van der Waals surface area contributed by atoms with Gasteiger partial charge in [0.05, 0.1) is 37.3 Å². The van der Waals surface area contributed by atoms with Gasteiger partial charge in [0.1, 0.15) is 5.75 Å². The minimum Gasteiger partial charge on any atom is -0.406 e. The van der Waals surface area contributed by atoms with Gasteiger partial charge >= 0.3 is 6.36 Å². The number of halogens is 3. The van der Waals surface area contributed by atoms with Crippen molar-refractivity contribution in [2.45, 2.75) is 51.0 Å². The molecule has 0 bridgehead atoms. The van der Waals surface area contributed by atoms with Crippen molar-refractivity contribution >= 4 is 0 Å². The molecule has 1 aromatic heterocycles. The molecule has 9 heteroatoms. The lowest BCUT2D eigenvalue weighted by Gasteiger charge is -2.30. The number of hydrogen-bond acceptors (Lipinski definition) is 5. The Bertz CT molecular complexity index is 856. The highest BCUT2D eigenvalue weighted by Crippen LogP contribution is 2.34. The molecule has 0 spiro atoms. The van der Waals surface area contributed by atoms with Crippen LogP contribution in [0.2, 0.25) is 0 Å². The Morgan fingerprint density at radius 3 is 2.41 bits per heavy atom. The van der Waals surface area contributed by atoms with E-state index in [1.807, 2.05) is 6.92 Å². The molecule has 0 amide bonds. The quantitative estimate of drug-likeness (QED) is 0.620. The smallest absolute Gasteiger partial charge is 0.406 e. The first-order valence-corrected chi connectivity index (χ1v) is 11.2. The van der Waals surface area contributed by atoms with Crippen molar-refractivity contribution in [1.82, 2.24) is 14.7 Å². The molecule has 0 atom stereocenters. The molecule has 32 heavy (non-hydrogen) atoms. The maximum Gasteiger partial charge on any atom is 0.573 e. The summed E-state index contributed by atoms with van der Waals surface area (Å²) in [6.45, 7) is 7.26. The van der Waals surface area contributed by atoms with Gasteiger partial charge in [0.15, 0.2) is 0 Å². The number of benzene rings is 1. The number of nitrogens with zero attached hydrogens (tertiary/aromatic N) is 3. The second kappa shape index (κ2) is 10.2. The first-order valence-electron chi connectivity index (χ1n) is 11.2. The summed E-state index contributed by atoms with van der Waals surface area (Å²) in [7, 11) is 0. The molecule has 1 aliphatic heterocycles. The third-order valence-corrected chi connectivity index (χ3v) is 6.18. The number of hydrogen-bond donors (Lipinski definition) is 0. The standard InChI is InChI=1S/C23H30F3N3O3/c1-17-16-22(27-29(17)19-4-8-21(9-5-19)32-23(24,25)26)18-2-6-20(7-3-18)31-15-12-28-10-13-30-14-11-28/h4-5,8-9,16,18,20H,2-3,6-7,10-15H2,1H3. The fraction of sp³-hybridized carbons (Fsp3) is 0.609. The molecule has 0 N–H and O–H groups in total. The van der Waals surface area contributed by atoms with Crippen molar-refractivity contribution in [3.63, 3.8) is 0 Å².